The number of nitrogens with zero attached hydrogens (tertiary/aromatic N) is 1. The van der Waals surface area contributed by atoms with Crippen molar-refractivity contribution < 1.29 is 13.2 Å². The topological polar surface area (TPSA) is 87.6 Å². The lowest BCUT2D eigenvalue weighted by Gasteiger charge is -2.08. The highest BCUT2D eigenvalue weighted by Crippen LogP contribution is 2.30. The minimum absolute atomic E-state index is 0.0141. The van der Waals surface area contributed by atoms with Gasteiger partial charge in [0.15, 0.2) is 0 Å². The summed E-state index contributed by atoms with van der Waals surface area (Å²) in [5.41, 5.74) is 1.84. The van der Waals surface area contributed by atoms with E-state index in [9.17, 15) is 13.2 Å². The molecule has 0 saturated heterocycles. The first-order valence-corrected chi connectivity index (χ1v) is 9.94. The number of hydrogen-bond donors (Lipinski definition) is 2. The maximum atomic E-state index is 12.3. The molecule has 8 heteroatoms. The van der Waals surface area contributed by atoms with Crippen LogP contribution in [0.25, 0.3) is 0 Å². The monoisotopic (exact) mass is 391 g/mol. The van der Waals surface area contributed by atoms with Crippen LogP contribution in [-0.2, 0) is 14.8 Å². The van der Waals surface area contributed by atoms with Crippen molar-refractivity contribution in [1.29, 1.82) is 0 Å². The minimum Gasteiger partial charge on any atom is -0.326 e. The first kappa shape index (κ1) is 18.4. The molecule has 0 spiro atoms. The Hall–Kier alpha value is -2.38. The number of carbonyl (C=O) groups excluding carboxylic acids is 1. The van der Waals surface area contributed by atoms with Crippen LogP contribution in [0.15, 0.2) is 58.5 Å². The predicted octanol–water partition coefficient (Wildman–Crippen LogP) is 3.39. The van der Waals surface area contributed by atoms with Crippen molar-refractivity contribution in [3.05, 3.63) is 59.1 Å². The zero-order valence-corrected chi connectivity index (χ0v) is 15.6. The van der Waals surface area contributed by atoms with E-state index >= 15 is 0 Å². The Morgan fingerprint density at radius 2 is 1.85 bits per heavy atom. The maximum Gasteiger partial charge on any atom is 0.276 e. The van der Waals surface area contributed by atoms with Crippen LogP contribution in [0.5, 0.6) is 0 Å². The second kappa shape index (κ2) is 7.47. The third-order valence-corrected chi connectivity index (χ3v) is 5.43. The first-order chi connectivity index (χ1) is 12.3. The molecule has 1 amide bonds. The molecule has 0 aliphatic heterocycles. The van der Waals surface area contributed by atoms with Crippen LogP contribution >= 0.6 is 11.6 Å². The summed E-state index contributed by atoms with van der Waals surface area (Å²) < 4.78 is 24.5. The predicted molar refractivity (Wildman–Crippen MR) is 102 cm³/mol. The number of amides is 1. The standard InChI is InChI=1S/C18H18ClN3O3S/c1-12(21-22-26(24,25)17-9-7-15(19)8-10-17)14-3-2-4-16(11-14)20-18(23)13-5-6-13/h2-4,7-11,13,22H,5-6H2,1H3,(H,20,23)/b21-12-. The number of halogens is 1. The smallest absolute Gasteiger partial charge is 0.276 e. The molecule has 0 atom stereocenters. The largest absolute Gasteiger partial charge is 0.326 e. The normalized spacial score (nSPS) is 14.8. The number of nitrogens with one attached hydrogen (secondary N) is 2. The molecule has 26 heavy (non-hydrogen) atoms. The van der Waals surface area contributed by atoms with Crippen LogP contribution in [0, 0.1) is 5.92 Å². The van der Waals surface area contributed by atoms with E-state index in [0.717, 1.165) is 12.8 Å². The molecule has 0 unspecified atom stereocenters. The summed E-state index contributed by atoms with van der Waals surface area (Å²) in [7, 11) is -3.78. The van der Waals surface area contributed by atoms with Crippen molar-refractivity contribution in [1.82, 2.24) is 4.83 Å². The van der Waals surface area contributed by atoms with Crippen LogP contribution in [0.2, 0.25) is 5.02 Å². The van der Waals surface area contributed by atoms with Crippen LogP contribution in [0.4, 0.5) is 5.69 Å². The van der Waals surface area contributed by atoms with Crippen molar-refractivity contribution in [3.63, 3.8) is 0 Å². The van der Waals surface area contributed by atoms with Crippen molar-refractivity contribution in [2.24, 2.45) is 11.0 Å². The lowest BCUT2D eigenvalue weighted by molar-refractivity contribution is -0.117. The Morgan fingerprint density at radius 1 is 1.15 bits per heavy atom. The summed E-state index contributed by atoms with van der Waals surface area (Å²) in [4.78, 5) is 14.1. The molecule has 0 aromatic heterocycles. The lowest BCUT2D eigenvalue weighted by Crippen LogP contribution is -2.20. The van der Waals surface area contributed by atoms with Crippen LogP contribution in [-0.4, -0.2) is 20.0 Å². The first-order valence-electron chi connectivity index (χ1n) is 8.08. The number of anilines is 1. The molecule has 3 rings (SSSR count). The second-order valence-corrected chi connectivity index (χ2v) is 8.19. The molecule has 1 aliphatic rings. The van der Waals surface area contributed by atoms with Gasteiger partial charge in [-0.15, -0.1) is 0 Å². The maximum absolute atomic E-state index is 12.3. The van der Waals surface area contributed by atoms with Crippen molar-refractivity contribution in [2.75, 3.05) is 5.32 Å². The van der Waals surface area contributed by atoms with E-state index < -0.39 is 10.0 Å². The average Bonchev–Trinajstić information content (AvgIpc) is 3.45. The molecule has 136 valence electrons. The summed E-state index contributed by atoms with van der Waals surface area (Å²) in [5.74, 6) is 0.125. The molecular formula is C18H18ClN3O3S. The fraction of sp³-hybridized carbons (Fsp3) is 0.222. The van der Waals surface area contributed by atoms with Gasteiger partial charge in [-0.1, -0.05) is 23.7 Å². The Morgan fingerprint density at radius 3 is 2.50 bits per heavy atom. The van der Waals surface area contributed by atoms with Gasteiger partial charge < -0.3 is 5.32 Å². The molecule has 2 aromatic carbocycles. The number of benzene rings is 2. The fourth-order valence-corrected chi connectivity index (χ4v) is 3.25. The third kappa shape index (κ3) is 4.62. The molecule has 6 nitrogen and oxygen atoms in total. The fourth-order valence-electron chi connectivity index (χ4n) is 2.27. The van der Waals surface area contributed by atoms with Crippen molar-refractivity contribution in [2.45, 2.75) is 24.7 Å². The number of carbonyl (C=O) groups is 1. The zero-order valence-electron chi connectivity index (χ0n) is 14.1. The van der Waals surface area contributed by atoms with E-state index in [1.54, 1.807) is 31.2 Å². The molecule has 2 N–H and O–H groups in total. The molecule has 0 radical (unpaired) electrons. The van der Waals surface area contributed by atoms with Crippen LogP contribution in [0.1, 0.15) is 25.3 Å². The average molecular weight is 392 g/mol. The summed E-state index contributed by atoms with van der Waals surface area (Å²) in [6, 6.07) is 12.9. The third-order valence-electron chi connectivity index (χ3n) is 3.95. The van der Waals surface area contributed by atoms with E-state index in [-0.39, 0.29) is 16.7 Å². The van der Waals surface area contributed by atoms with Gasteiger partial charge >= 0.3 is 0 Å². The summed E-state index contributed by atoms with van der Waals surface area (Å²) >= 11 is 5.77. The van der Waals surface area contributed by atoms with Gasteiger partial charge in [0.2, 0.25) is 5.91 Å². The van der Waals surface area contributed by atoms with Gasteiger partial charge in [0.1, 0.15) is 0 Å². The molecule has 0 heterocycles. The molecular weight excluding hydrogens is 374 g/mol. The highest BCUT2D eigenvalue weighted by molar-refractivity contribution is 7.89. The summed E-state index contributed by atoms with van der Waals surface area (Å²) in [5, 5.41) is 7.28. The number of rotatable bonds is 6. The van der Waals surface area contributed by atoms with Gasteiger partial charge in [0.25, 0.3) is 10.0 Å². The molecule has 0 bridgehead atoms. The van der Waals surface area contributed by atoms with Gasteiger partial charge in [-0.25, -0.2) is 0 Å². The minimum atomic E-state index is -3.78. The summed E-state index contributed by atoms with van der Waals surface area (Å²) in [6.45, 7) is 1.69. The lowest BCUT2D eigenvalue weighted by atomic mass is 10.1. The highest BCUT2D eigenvalue weighted by Gasteiger charge is 2.29. The van der Waals surface area contributed by atoms with E-state index in [4.69, 9.17) is 11.6 Å². The van der Waals surface area contributed by atoms with Crippen molar-refractivity contribution in [3.8, 4) is 0 Å². The molecule has 1 fully saturated rings. The van der Waals surface area contributed by atoms with E-state index in [0.29, 0.717) is 22.0 Å². The Labute approximate surface area is 157 Å². The number of hydrazone groups is 1. The Kier molecular flexibility index (Phi) is 5.29. The molecule has 2 aromatic rings. The Balaban J connectivity index is 1.72. The van der Waals surface area contributed by atoms with Crippen LogP contribution < -0.4 is 10.1 Å². The quantitative estimate of drug-likeness (QED) is 0.584. The molecule has 1 aliphatic carbocycles. The van der Waals surface area contributed by atoms with E-state index in [2.05, 4.69) is 15.2 Å². The Bertz CT molecular complexity index is 952. The molecule has 1 saturated carbocycles. The van der Waals surface area contributed by atoms with Crippen molar-refractivity contribution >= 4 is 38.9 Å². The van der Waals surface area contributed by atoms with Crippen LogP contribution in [0.3, 0.4) is 0 Å². The van der Waals surface area contributed by atoms with Gasteiger partial charge in [0.05, 0.1) is 10.6 Å². The van der Waals surface area contributed by atoms with Gasteiger partial charge in [-0.05, 0) is 61.7 Å². The van der Waals surface area contributed by atoms with Gasteiger partial charge in [0, 0.05) is 16.6 Å². The highest BCUT2D eigenvalue weighted by atomic mass is 35.5. The second-order valence-electron chi connectivity index (χ2n) is 6.09. The van der Waals surface area contributed by atoms with E-state index in [1.807, 2.05) is 0 Å². The summed E-state index contributed by atoms with van der Waals surface area (Å²) in [6.07, 6.45) is 1.86. The van der Waals surface area contributed by atoms with E-state index in [1.165, 1.54) is 24.3 Å². The van der Waals surface area contributed by atoms with Gasteiger partial charge in [-0.3, -0.25) is 4.79 Å². The van der Waals surface area contributed by atoms with Gasteiger partial charge in [-0.2, -0.15) is 18.4 Å². The number of hydrogen-bond acceptors (Lipinski definition) is 4. The zero-order chi connectivity index (χ0) is 18.7. The SMILES string of the molecule is C/C(=N/NS(=O)(=O)c1ccc(Cl)cc1)c1cccc(NC(=O)C2CC2)c1. The number of sulfonamides is 1.